The smallest absolute Gasteiger partial charge is 0.119 e. The van der Waals surface area contributed by atoms with Gasteiger partial charge < -0.3 is 14.6 Å². The predicted molar refractivity (Wildman–Crippen MR) is 131 cm³/mol. The first kappa shape index (κ1) is 24.8. The molecule has 176 valence electrons. The van der Waals surface area contributed by atoms with Crippen molar-refractivity contribution in [2.24, 2.45) is 5.92 Å². The van der Waals surface area contributed by atoms with Crippen molar-refractivity contribution in [3.05, 3.63) is 65.7 Å². The Labute approximate surface area is 194 Å². The molecule has 2 aromatic carbocycles. The van der Waals surface area contributed by atoms with E-state index >= 15 is 0 Å². The van der Waals surface area contributed by atoms with Crippen LogP contribution in [0.2, 0.25) is 0 Å². The lowest BCUT2D eigenvalue weighted by atomic mass is 9.72. The van der Waals surface area contributed by atoms with E-state index in [2.05, 4.69) is 62.1 Å². The second kappa shape index (κ2) is 12.4. The Kier molecular flexibility index (Phi) is 9.58. The fraction of sp³-hybridized carbons (Fsp3) is 0.571. The van der Waals surface area contributed by atoms with Gasteiger partial charge in [0.05, 0.1) is 25.4 Å². The molecule has 1 fully saturated rings. The Morgan fingerprint density at radius 2 is 1.69 bits per heavy atom. The molecule has 0 radical (unpaired) electrons. The van der Waals surface area contributed by atoms with Crippen molar-refractivity contribution in [2.45, 2.75) is 58.0 Å². The molecule has 4 heteroatoms. The first-order valence-corrected chi connectivity index (χ1v) is 12.3. The maximum Gasteiger partial charge on any atom is 0.119 e. The molecule has 0 aromatic heterocycles. The summed E-state index contributed by atoms with van der Waals surface area (Å²) in [5.41, 5.74) is 1.19. The fourth-order valence-electron chi connectivity index (χ4n) is 4.72. The van der Waals surface area contributed by atoms with E-state index < -0.39 is 5.60 Å². The van der Waals surface area contributed by atoms with Gasteiger partial charge in [-0.15, -0.1) is 0 Å². The number of hydrogen-bond donors (Lipinski definition) is 1. The predicted octanol–water partition coefficient (Wildman–Crippen LogP) is 5.61. The summed E-state index contributed by atoms with van der Waals surface area (Å²) in [5, 5.41) is 12.3. The molecular formula is C28H41NO3. The van der Waals surface area contributed by atoms with E-state index in [1.165, 1.54) is 18.4 Å². The molecule has 0 spiro atoms. The third-order valence-corrected chi connectivity index (χ3v) is 6.41. The number of ether oxygens (including phenoxy) is 2. The largest absolute Gasteiger partial charge is 0.494 e. The molecule has 2 atom stereocenters. The van der Waals surface area contributed by atoms with Crippen molar-refractivity contribution >= 4 is 0 Å². The summed E-state index contributed by atoms with van der Waals surface area (Å²) in [6, 6.07) is 18.7. The minimum atomic E-state index is -0.964. The molecule has 4 nitrogen and oxygen atoms in total. The van der Waals surface area contributed by atoms with Gasteiger partial charge in [-0.1, -0.05) is 76.1 Å². The first-order chi connectivity index (χ1) is 15.5. The molecule has 0 amide bonds. The second-order valence-corrected chi connectivity index (χ2v) is 9.48. The lowest BCUT2D eigenvalue weighted by Gasteiger charge is -2.42. The van der Waals surface area contributed by atoms with Gasteiger partial charge >= 0.3 is 0 Å². The molecule has 1 saturated heterocycles. The number of hydrogen-bond acceptors (Lipinski definition) is 4. The zero-order valence-corrected chi connectivity index (χ0v) is 20.1. The molecule has 2 aromatic rings. The van der Waals surface area contributed by atoms with Crippen LogP contribution in [0.5, 0.6) is 5.75 Å². The van der Waals surface area contributed by atoms with Crippen molar-refractivity contribution in [3.8, 4) is 5.75 Å². The van der Waals surface area contributed by atoms with Gasteiger partial charge in [-0.2, -0.15) is 0 Å². The highest BCUT2D eigenvalue weighted by Gasteiger charge is 2.41. The van der Waals surface area contributed by atoms with Crippen LogP contribution in [0.15, 0.2) is 54.6 Å². The Bertz CT molecular complexity index is 771. The van der Waals surface area contributed by atoms with E-state index in [1.54, 1.807) is 0 Å². The van der Waals surface area contributed by atoms with Gasteiger partial charge in [0.15, 0.2) is 0 Å². The van der Waals surface area contributed by atoms with Crippen molar-refractivity contribution in [2.75, 3.05) is 39.5 Å². The van der Waals surface area contributed by atoms with Crippen LogP contribution in [0.4, 0.5) is 0 Å². The van der Waals surface area contributed by atoms with Crippen LogP contribution < -0.4 is 4.74 Å². The summed E-state index contributed by atoms with van der Waals surface area (Å²) in [6.07, 6.45) is 4.15. The Hall–Kier alpha value is -1.88. The Balaban J connectivity index is 1.88. The summed E-state index contributed by atoms with van der Waals surface area (Å²) in [5.74, 6) is 1.21. The van der Waals surface area contributed by atoms with E-state index in [1.807, 2.05) is 18.2 Å². The highest BCUT2D eigenvalue weighted by Crippen LogP contribution is 2.43. The van der Waals surface area contributed by atoms with E-state index in [-0.39, 0.29) is 5.92 Å². The fourth-order valence-corrected chi connectivity index (χ4v) is 4.72. The summed E-state index contributed by atoms with van der Waals surface area (Å²) >= 11 is 0. The molecule has 3 rings (SSSR count). The van der Waals surface area contributed by atoms with Gasteiger partial charge in [0, 0.05) is 25.6 Å². The van der Waals surface area contributed by atoms with E-state index in [0.717, 1.165) is 57.2 Å². The second-order valence-electron chi connectivity index (χ2n) is 9.48. The standard InChI is InChI=1S/C28H41NO3/c1-4-5-9-18-32-26-14-12-25(13-15-26)28(30,21-23(2)3)27(24-10-7-6-8-11-24)22-29-16-19-31-20-17-29/h6-8,10-15,23,27,30H,4-5,9,16-22H2,1-3H3. The zero-order chi connectivity index (χ0) is 22.8. The molecular weight excluding hydrogens is 398 g/mol. The monoisotopic (exact) mass is 439 g/mol. The van der Waals surface area contributed by atoms with E-state index in [4.69, 9.17) is 9.47 Å². The van der Waals surface area contributed by atoms with Crippen molar-refractivity contribution in [1.82, 2.24) is 4.90 Å². The Morgan fingerprint density at radius 3 is 2.31 bits per heavy atom. The highest BCUT2D eigenvalue weighted by atomic mass is 16.5. The van der Waals surface area contributed by atoms with Gasteiger partial charge in [0.1, 0.15) is 5.75 Å². The molecule has 2 unspecified atom stereocenters. The van der Waals surface area contributed by atoms with Crippen LogP contribution in [0, 0.1) is 5.92 Å². The number of benzene rings is 2. The molecule has 1 aliphatic heterocycles. The normalized spacial score (nSPS) is 17.8. The number of unbranched alkanes of at least 4 members (excludes halogenated alkanes) is 2. The number of rotatable bonds is 12. The minimum Gasteiger partial charge on any atom is -0.494 e. The third-order valence-electron chi connectivity index (χ3n) is 6.41. The molecule has 0 bridgehead atoms. The van der Waals surface area contributed by atoms with Crippen molar-refractivity contribution in [1.29, 1.82) is 0 Å². The van der Waals surface area contributed by atoms with E-state index in [0.29, 0.717) is 12.3 Å². The van der Waals surface area contributed by atoms with Crippen LogP contribution in [0.3, 0.4) is 0 Å². The molecule has 1 aliphatic rings. The van der Waals surface area contributed by atoms with Crippen LogP contribution in [-0.4, -0.2) is 49.5 Å². The highest BCUT2D eigenvalue weighted by molar-refractivity contribution is 5.35. The average molecular weight is 440 g/mol. The van der Waals surface area contributed by atoms with Gasteiger partial charge in [0.2, 0.25) is 0 Å². The van der Waals surface area contributed by atoms with Gasteiger partial charge in [-0.25, -0.2) is 0 Å². The molecule has 1 heterocycles. The quantitative estimate of drug-likeness (QED) is 0.437. The van der Waals surface area contributed by atoms with Gasteiger partial charge in [0.25, 0.3) is 0 Å². The summed E-state index contributed by atoms with van der Waals surface area (Å²) in [6.45, 7) is 11.5. The number of aliphatic hydroxyl groups is 1. The summed E-state index contributed by atoms with van der Waals surface area (Å²) in [4.78, 5) is 2.43. The summed E-state index contributed by atoms with van der Waals surface area (Å²) in [7, 11) is 0. The topological polar surface area (TPSA) is 41.9 Å². The first-order valence-electron chi connectivity index (χ1n) is 12.3. The number of morpholine rings is 1. The van der Waals surface area contributed by atoms with Crippen molar-refractivity contribution < 1.29 is 14.6 Å². The molecule has 1 N–H and O–H groups in total. The minimum absolute atomic E-state index is 0.0273. The lowest BCUT2D eigenvalue weighted by molar-refractivity contribution is -0.0356. The molecule has 0 aliphatic carbocycles. The van der Waals surface area contributed by atoms with Crippen molar-refractivity contribution in [3.63, 3.8) is 0 Å². The maximum absolute atomic E-state index is 12.3. The SMILES string of the molecule is CCCCCOc1ccc(C(O)(CC(C)C)C(CN2CCOCC2)c2ccccc2)cc1. The van der Waals surface area contributed by atoms with Crippen LogP contribution in [0.25, 0.3) is 0 Å². The van der Waals surface area contributed by atoms with Crippen LogP contribution >= 0.6 is 0 Å². The summed E-state index contributed by atoms with van der Waals surface area (Å²) < 4.78 is 11.5. The van der Waals surface area contributed by atoms with Gasteiger partial charge in [-0.3, -0.25) is 4.90 Å². The van der Waals surface area contributed by atoms with Gasteiger partial charge in [-0.05, 0) is 42.0 Å². The molecule has 0 saturated carbocycles. The van der Waals surface area contributed by atoms with Crippen LogP contribution in [-0.2, 0) is 10.3 Å². The molecule has 32 heavy (non-hydrogen) atoms. The average Bonchev–Trinajstić information content (AvgIpc) is 2.81. The number of nitrogens with zero attached hydrogens (tertiary/aromatic N) is 1. The maximum atomic E-state index is 12.3. The zero-order valence-electron chi connectivity index (χ0n) is 20.1. The lowest BCUT2D eigenvalue weighted by Crippen LogP contribution is -2.45. The third kappa shape index (κ3) is 6.81. The van der Waals surface area contributed by atoms with Crippen LogP contribution in [0.1, 0.15) is 63.5 Å². The van der Waals surface area contributed by atoms with E-state index in [9.17, 15) is 5.11 Å². The Morgan fingerprint density at radius 1 is 1.00 bits per heavy atom.